The zero-order chi connectivity index (χ0) is 31.8. The number of nitrogen functional groups attached to an aromatic ring is 1. The zero-order valence-corrected chi connectivity index (χ0v) is 26.5. The molecule has 4 heterocycles. The molecule has 0 saturated carbocycles. The van der Waals surface area contributed by atoms with E-state index in [4.69, 9.17) is 38.4 Å². The van der Waals surface area contributed by atoms with Gasteiger partial charge in [0.25, 0.3) is 5.69 Å². The summed E-state index contributed by atoms with van der Waals surface area (Å²) < 4.78 is 15.8. The lowest BCUT2D eigenvalue weighted by atomic mass is 10.1. The summed E-state index contributed by atoms with van der Waals surface area (Å²) in [5, 5.41) is 14.5. The molecule has 2 aromatic heterocycles. The van der Waals surface area contributed by atoms with Crippen molar-refractivity contribution in [3.8, 4) is 22.5 Å². The fourth-order valence-corrected chi connectivity index (χ4v) is 6.77. The molecule has 0 amide bonds. The Morgan fingerprint density at radius 1 is 0.674 bits per heavy atom. The third kappa shape index (κ3) is 5.97. The summed E-state index contributed by atoms with van der Waals surface area (Å²) in [4.78, 5) is 10.7. The normalized spacial score (nSPS) is 17.8. The molecule has 0 spiro atoms. The molecule has 2 N–H and O–H groups in total. The molecule has 2 aliphatic rings. The first kappa shape index (κ1) is 30.3. The lowest BCUT2D eigenvalue weighted by Crippen LogP contribution is -2.09. The van der Waals surface area contributed by atoms with Crippen LogP contribution in [-0.2, 0) is 9.47 Å². The van der Waals surface area contributed by atoms with Gasteiger partial charge in [-0.15, -0.1) is 0 Å². The van der Waals surface area contributed by atoms with E-state index in [0.717, 1.165) is 76.5 Å². The Morgan fingerprint density at radius 2 is 1.15 bits per heavy atom. The standard InChI is InChI=1S/C18H15ClN2O3.C18H17ClN2O/c19-14-3-1-12(2-4-14)18-10-13-9-15(21(22)23)5-6-17(13)20(18)16-7-8-24-11-16;19-14-3-1-12(2-4-14)18-10-13-9-15(20)5-6-17(13)21(18)16-7-8-22-11-16/h1-6,9-10,16H,7-8,11H2;1-6,9-10,16H,7-8,11,20H2/t2*16-/m11/s1. The van der Waals surface area contributed by atoms with Crippen molar-refractivity contribution in [3.05, 3.63) is 117 Å². The van der Waals surface area contributed by atoms with Crippen molar-refractivity contribution in [2.45, 2.75) is 24.9 Å². The molecule has 0 bridgehead atoms. The molecule has 10 heteroatoms. The number of hydrogen-bond acceptors (Lipinski definition) is 5. The second-order valence-corrected chi connectivity index (χ2v) is 12.5. The molecule has 4 aromatic carbocycles. The predicted molar refractivity (Wildman–Crippen MR) is 185 cm³/mol. The first-order chi connectivity index (χ1) is 22.4. The number of halogens is 2. The van der Waals surface area contributed by atoms with Crippen LogP contribution < -0.4 is 5.73 Å². The van der Waals surface area contributed by atoms with Crippen molar-refractivity contribution in [2.75, 3.05) is 32.2 Å². The van der Waals surface area contributed by atoms with Crippen LogP contribution in [0.5, 0.6) is 0 Å². The van der Waals surface area contributed by atoms with Crippen molar-refractivity contribution in [1.29, 1.82) is 0 Å². The van der Waals surface area contributed by atoms with Crippen LogP contribution in [0.15, 0.2) is 97.1 Å². The Hall–Kier alpha value is -4.34. The Morgan fingerprint density at radius 3 is 1.61 bits per heavy atom. The second-order valence-electron chi connectivity index (χ2n) is 11.7. The van der Waals surface area contributed by atoms with E-state index in [1.165, 1.54) is 11.2 Å². The minimum atomic E-state index is -0.364. The molecule has 6 aromatic rings. The molecule has 0 radical (unpaired) electrons. The Bertz CT molecular complexity index is 2020. The molecular formula is C36H32Cl2N4O4. The smallest absolute Gasteiger partial charge is 0.270 e. The van der Waals surface area contributed by atoms with Gasteiger partial charge in [-0.2, -0.15) is 0 Å². The average Bonchev–Trinajstić information content (AvgIpc) is 3.87. The highest BCUT2D eigenvalue weighted by molar-refractivity contribution is 6.31. The van der Waals surface area contributed by atoms with Crippen molar-refractivity contribution < 1.29 is 14.4 Å². The van der Waals surface area contributed by atoms with E-state index >= 15 is 0 Å². The molecule has 0 unspecified atom stereocenters. The Labute approximate surface area is 276 Å². The van der Waals surface area contributed by atoms with E-state index < -0.39 is 0 Å². The van der Waals surface area contributed by atoms with Gasteiger partial charge in [-0.25, -0.2) is 0 Å². The number of nitrogens with zero attached hydrogens (tertiary/aromatic N) is 3. The second kappa shape index (κ2) is 12.8. The molecule has 2 saturated heterocycles. The van der Waals surface area contributed by atoms with Gasteiger partial charge < -0.3 is 24.3 Å². The molecule has 234 valence electrons. The third-order valence-electron chi connectivity index (χ3n) is 8.72. The number of non-ortho nitro benzene ring substituents is 1. The van der Waals surface area contributed by atoms with Gasteiger partial charge in [0.05, 0.1) is 30.2 Å². The highest BCUT2D eigenvalue weighted by Crippen LogP contribution is 2.37. The van der Waals surface area contributed by atoms with Crippen molar-refractivity contribution in [2.24, 2.45) is 0 Å². The summed E-state index contributed by atoms with van der Waals surface area (Å²) in [7, 11) is 0. The quantitative estimate of drug-likeness (QED) is 0.113. The van der Waals surface area contributed by atoms with Gasteiger partial charge in [0.15, 0.2) is 0 Å². The number of nitrogens with two attached hydrogens (primary N) is 1. The lowest BCUT2D eigenvalue weighted by molar-refractivity contribution is -0.384. The minimum Gasteiger partial charge on any atom is -0.399 e. The number of fused-ring (bicyclic) bond motifs is 2. The van der Waals surface area contributed by atoms with E-state index in [1.54, 1.807) is 12.1 Å². The van der Waals surface area contributed by atoms with E-state index in [2.05, 4.69) is 33.4 Å². The number of nitro benzene ring substituents is 1. The monoisotopic (exact) mass is 654 g/mol. The molecular weight excluding hydrogens is 623 g/mol. The molecule has 0 aliphatic carbocycles. The molecule has 2 atom stereocenters. The average molecular weight is 656 g/mol. The highest BCUT2D eigenvalue weighted by atomic mass is 35.5. The molecule has 2 aliphatic heterocycles. The van der Waals surface area contributed by atoms with Gasteiger partial charge in [0.1, 0.15) is 0 Å². The first-order valence-electron chi connectivity index (χ1n) is 15.2. The van der Waals surface area contributed by atoms with Gasteiger partial charge >= 0.3 is 0 Å². The molecule has 46 heavy (non-hydrogen) atoms. The Balaban J connectivity index is 0.000000147. The van der Waals surface area contributed by atoms with Crippen molar-refractivity contribution in [1.82, 2.24) is 9.13 Å². The van der Waals surface area contributed by atoms with Gasteiger partial charge in [-0.1, -0.05) is 47.5 Å². The van der Waals surface area contributed by atoms with Gasteiger partial charge in [-0.05, 0) is 84.6 Å². The minimum absolute atomic E-state index is 0.102. The maximum atomic E-state index is 11.1. The number of rotatable bonds is 5. The van der Waals surface area contributed by atoms with Gasteiger partial charge in [0.2, 0.25) is 0 Å². The third-order valence-corrected chi connectivity index (χ3v) is 9.22. The van der Waals surface area contributed by atoms with Crippen LogP contribution in [0.1, 0.15) is 24.9 Å². The largest absolute Gasteiger partial charge is 0.399 e. The summed E-state index contributed by atoms with van der Waals surface area (Å²) in [6, 6.07) is 31.5. The van der Waals surface area contributed by atoms with Crippen LogP contribution in [0.3, 0.4) is 0 Å². The zero-order valence-electron chi connectivity index (χ0n) is 24.9. The Kier molecular flexibility index (Phi) is 8.44. The number of aromatic nitrogens is 2. The van der Waals surface area contributed by atoms with E-state index in [9.17, 15) is 10.1 Å². The number of nitro groups is 1. The van der Waals surface area contributed by atoms with Crippen LogP contribution in [0.25, 0.3) is 44.3 Å². The maximum absolute atomic E-state index is 11.1. The maximum Gasteiger partial charge on any atom is 0.270 e. The number of ether oxygens (including phenoxy) is 2. The van der Waals surface area contributed by atoms with E-state index in [-0.39, 0.29) is 16.7 Å². The summed E-state index contributed by atoms with van der Waals surface area (Å²) in [5.41, 5.74) is 13.4. The van der Waals surface area contributed by atoms with E-state index in [1.807, 2.05) is 60.7 Å². The van der Waals surface area contributed by atoms with Crippen LogP contribution in [0.4, 0.5) is 11.4 Å². The first-order valence-corrected chi connectivity index (χ1v) is 16.0. The van der Waals surface area contributed by atoms with Gasteiger partial charge in [0, 0.05) is 74.3 Å². The summed E-state index contributed by atoms with van der Waals surface area (Å²) in [6.45, 7) is 2.97. The topological polar surface area (TPSA) is 97.5 Å². The summed E-state index contributed by atoms with van der Waals surface area (Å²) in [6.07, 6.45) is 1.97. The SMILES string of the molecule is Nc1ccc2c(c1)cc(-c1ccc(Cl)cc1)n2[C@@H]1CCOC1.O=[N+]([O-])c1ccc2c(c1)cc(-c1ccc(Cl)cc1)n2[C@@H]1CCOC1. The summed E-state index contributed by atoms with van der Waals surface area (Å²) >= 11 is 12.0. The molecule has 2 fully saturated rings. The lowest BCUT2D eigenvalue weighted by Gasteiger charge is -2.17. The summed E-state index contributed by atoms with van der Waals surface area (Å²) in [5.74, 6) is 0. The van der Waals surface area contributed by atoms with Gasteiger partial charge in [-0.3, -0.25) is 10.1 Å². The fourth-order valence-electron chi connectivity index (χ4n) is 6.52. The van der Waals surface area contributed by atoms with E-state index in [0.29, 0.717) is 17.7 Å². The number of hydrogen-bond donors (Lipinski definition) is 1. The van der Waals surface area contributed by atoms with Crippen LogP contribution in [0, 0.1) is 10.1 Å². The van der Waals surface area contributed by atoms with Crippen LogP contribution >= 0.6 is 23.2 Å². The van der Waals surface area contributed by atoms with Crippen molar-refractivity contribution >= 4 is 56.4 Å². The highest BCUT2D eigenvalue weighted by Gasteiger charge is 2.25. The predicted octanol–water partition coefficient (Wildman–Crippen LogP) is 9.34. The fraction of sp³-hybridized carbons (Fsp3) is 0.222. The van der Waals surface area contributed by atoms with Crippen molar-refractivity contribution in [3.63, 3.8) is 0 Å². The number of anilines is 1. The van der Waals surface area contributed by atoms with Crippen LogP contribution in [0.2, 0.25) is 10.0 Å². The molecule has 8 rings (SSSR count). The number of benzene rings is 4. The van der Waals surface area contributed by atoms with Crippen LogP contribution in [-0.4, -0.2) is 40.5 Å². The molecule has 8 nitrogen and oxygen atoms in total.